The molecule has 4 nitrogen and oxygen atoms in total. The van der Waals surface area contributed by atoms with Gasteiger partial charge in [-0.05, 0) is 18.4 Å². The molecule has 1 fully saturated rings. The molecule has 1 saturated heterocycles. The van der Waals surface area contributed by atoms with Crippen LogP contribution in [0.1, 0.15) is 31.7 Å². The van der Waals surface area contributed by atoms with Crippen LogP contribution in [-0.4, -0.2) is 37.6 Å². The molecular formula is C15H21NO3S. The average Bonchev–Trinajstić information content (AvgIpc) is 2.47. The minimum absolute atomic E-state index is 0.0975. The van der Waals surface area contributed by atoms with Gasteiger partial charge in [0.2, 0.25) is 5.91 Å². The Hall–Kier alpha value is -1.36. The molecule has 0 spiro atoms. The van der Waals surface area contributed by atoms with Crippen molar-refractivity contribution in [3.8, 4) is 0 Å². The second-order valence-corrected chi connectivity index (χ2v) is 7.51. The Morgan fingerprint density at radius 2 is 1.80 bits per heavy atom. The first-order valence-electron chi connectivity index (χ1n) is 7.06. The lowest BCUT2D eigenvalue weighted by Gasteiger charge is -2.31. The Bertz CT molecular complexity index is 546. The van der Waals surface area contributed by atoms with Gasteiger partial charge in [0.25, 0.3) is 0 Å². The molecule has 110 valence electrons. The van der Waals surface area contributed by atoms with Gasteiger partial charge in [0.15, 0.2) is 9.84 Å². The Kier molecular flexibility index (Phi) is 4.81. The van der Waals surface area contributed by atoms with Crippen molar-refractivity contribution < 1.29 is 13.2 Å². The van der Waals surface area contributed by atoms with E-state index in [-0.39, 0.29) is 16.9 Å². The molecule has 1 aliphatic rings. The predicted molar refractivity (Wildman–Crippen MR) is 79.0 cm³/mol. The van der Waals surface area contributed by atoms with Gasteiger partial charge in [-0.25, -0.2) is 8.42 Å². The van der Waals surface area contributed by atoms with Crippen LogP contribution in [0.25, 0.3) is 0 Å². The van der Waals surface area contributed by atoms with Crippen molar-refractivity contribution in [2.75, 3.05) is 13.1 Å². The first-order chi connectivity index (χ1) is 9.53. The first-order valence-corrected chi connectivity index (χ1v) is 8.77. The molecule has 0 saturated carbocycles. The van der Waals surface area contributed by atoms with Gasteiger partial charge in [0.05, 0.1) is 11.0 Å². The van der Waals surface area contributed by atoms with Gasteiger partial charge in [-0.3, -0.25) is 4.79 Å². The normalized spacial score (nSPS) is 17.1. The second-order valence-electron chi connectivity index (χ2n) is 5.23. The smallest absolute Gasteiger partial charge is 0.222 e. The van der Waals surface area contributed by atoms with E-state index in [0.29, 0.717) is 32.4 Å². The van der Waals surface area contributed by atoms with Crippen molar-refractivity contribution in [3.63, 3.8) is 0 Å². The average molecular weight is 295 g/mol. The highest BCUT2D eigenvalue weighted by atomic mass is 32.2. The number of hydrogen-bond donors (Lipinski definition) is 0. The molecule has 0 radical (unpaired) electrons. The number of likely N-dealkylation sites (tertiary alicyclic amines) is 1. The Morgan fingerprint density at radius 3 is 2.35 bits per heavy atom. The summed E-state index contributed by atoms with van der Waals surface area (Å²) in [7, 11) is -3.13. The van der Waals surface area contributed by atoms with E-state index >= 15 is 0 Å². The summed E-state index contributed by atoms with van der Waals surface area (Å²) >= 11 is 0. The van der Waals surface area contributed by atoms with Crippen LogP contribution in [0.2, 0.25) is 0 Å². The molecule has 1 aromatic carbocycles. The van der Waals surface area contributed by atoms with Crippen molar-refractivity contribution in [3.05, 3.63) is 35.9 Å². The zero-order chi connectivity index (χ0) is 14.6. The number of piperidine rings is 1. The van der Waals surface area contributed by atoms with Crippen LogP contribution in [0.3, 0.4) is 0 Å². The molecule has 1 aliphatic heterocycles. The molecule has 0 unspecified atom stereocenters. The Balaban J connectivity index is 1.97. The maximum atomic E-state index is 12.4. The summed E-state index contributed by atoms with van der Waals surface area (Å²) in [6, 6.07) is 9.27. The minimum Gasteiger partial charge on any atom is -0.343 e. The summed E-state index contributed by atoms with van der Waals surface area (Å²) in [4.78, 5) is 13.4. The topological polar surface area (TPSA) is 54.5 Å². The summed E-state index contributed by atoms with van der Waals surface area (Å²) in [5.74, 6) is 0.212. The highest BCUT2D eigenvalue weighted by Gasteiger charge is 2.31. The second kappa shape index (κ2) is 6.39. The summed E-state index contributed by atoms with van der Waals surface area (Å²) < 4.78 is 24.8. The van der Waals surface area contributed by atoms with Crippen molar-refractivity contribution in [1.82, 2.24) is 4.90 Å². The summed E-state index contributed by atoms with van der Waals surface area (Å²) in [6.45, 7) is 2.96. The molecule has 1 amide bonds. The van der Waals surface area contributed by atoms with E-state index < -0.39 is 9.84 Å². The zero-order valence-electron chi connectivity index (χ0n) is 11.8. The number of nitrogens with zero attached hydrogens (tertiary/aromatic N) is 1. The lowest BCUT2D eigenvalue weighted by Crippen LogP contribution is -2.42. The molecule has 0 bridgehead atoms. The standard InChI is InChI=1S/C15H21NO3S/c1-2-15(17)16-10-8-14(9-11-16)20(18,19)12-13-6-4-3-5-7-13/h3-7,14H,2,8-12H2,1H3. The van der Waals surface area contributed by atoms with Crippen LogP contribution >= 0.6 is 0 Å². The van der Waals surface area contributed by atoms with Gasteiger partial charge in [-0.2, -0.15) is 0 Å². The van der Waals surface area contributed by atoms with Gasteiger partial charge in [-0.15, -0.1) is 0 Å². The fourth-order valence-electron chi connectivity index (χ4n) is 2.61. The van der Waals surface area contributed by atoms with Gasteiger partial charge in [-0.1, -0.05) is 37.3 Å². The van der Waals surface area contributed by atoms with E-state index in [4.69, 9.17) is 0 Å². The maximum Gasteiger partial charge on any atom is 0.222 e. The number of hydrogen-bond acceptors (Lipinski definition) is 3. The molecular weight excluding hydrogens is 274 g/mol. The monoisotopic (exact) mass is 295 g/mol. The minimum atomic E-state index is -3.13. The highest BCUT2D eigenvalue weighted by molar-refractivity contribution is 7.91. The number of carbonyl (C=O) groups excluding carboxylic acids is 1. The van der Waals surface area contributed by atoms with Crippen molar-refractivity contribution in [2.45, 2.75) is 37.2 Å². The molecule has 1 heterocycles. The van der Waals surface area contributed by atoms with Gasteiger partial charge in [0, 0.05) is 19.5 Å². The number of sulfone groups is 1. The van der Waals surface area contributed by atoms with E-state index in [1.165, 1.54) is 0 Å². The SMILES string of the molecule is CCC(=O)N1CCC(S(=O)(=O)Cc2ccccc2)CC1. The fourth-order valence-corrected chi connectivity index (χ4v) is 4.43. The number of carbonyl (C=O) groups is 1. The van der Waals surface area contributed by atoms with Gasteiger partial charge in [0.1, 0.15) is 0 Å². The number of rotatable bonds is 4. The summed E-state index contributed by atoms with van der Waals surface area (Å²) in [6.07, 6.45) is 1.60. The molecule has 0 aliphatic carbocycles. The first kappa shape index (κ1) is 15.0. The molecule has 5 heteroatoms. The molecule has 20 heavy (non-hydrogen) atoms. The lowest BCUT2D eigenvalue weighted by atomic mass is 10.1. The molecule has 2 rings (SSSR count). The lowest BCUT2D eigenvalue weighted by molar-refractivity contribution is -0.131. The van der Waals surface area contributed by atoms with Crippen LogP contribution in [-0.2, 0) is 20.4 Å². The van der Waals surface area contributed by atoms with Crippen LogP contribution < -0.4 is 0 Å². The largest absolute Gasteiger partial charge is 0.343 e. The zero-order valence-corrected chi connectivity index (χ0v) is 12.6. The Morgan fingerprint density at radius 1 is 1.20 bits per heavy atom. The third-order valence-electron chi connectivity index (χ3n) is 3.82. The molecule has 0 atom stereocenters. The third kappa shape index (κ3) is 3.60. The van der Waals surface area contributed by atoms with E-state index in [1.807, 2.05) is 37.3 Å². The molecule has 0 aromatic heterocycles. The maximum absolute atomic E-state index is 12.4. The predicted octanol–water partition coefficient (Wildman–Crippen LogP) is 2.00. The summed E-state index contributed by atoms with van der Waals surface area (Å²) in [5.41, 5.74) is 0.833. The third-order valence-corrected chi connectivity index (χ3v) is 6.04. The van der Waals surface area contributed by atoms with Crippen LogP contribution in [0.5, 0.6) is 0 Å². The van der Waals surface area contributed by atoms with Crippen LogP contribution in [0, 0.1) is 0 Å². The number of amides is 1. The molecule has 1 aromatic rings. The van der Waals surface area contributed by atoms with Crippen molar-refractivity contribution >= 4 is 15.7 Å². The van der Waals surface area contributed by atoms with Crippen molar-refractivity contribution in [1.29, 1.82) is 0 Å². The summed E-state index contributed by atoms with van der Waals surface area (Å²) in [5, 5.41) is -0.316. The van der Waals surface area contributed by atoms with E-state index in [1.54, 1.807) is 4.90 Å². The van der Waals surface area contributed by atoms with E-state index in [0.717, 1.165) is 5.56 Å². The highest BCUT2D eigenvalue weighted by Crippen LogP contribution is 2.21. The Labute approximate surface area is 120 Å². The molecule has 0 N–H and O–H groups in total. The number of benzene rings is 1. The van der Waals surface area contributed by atoms with Crippen LogP contribution in [0.4, 0.5) is 0 Å². The van der Waals surface area contributed by atoms with Gasteiger partial charge >= 0.3 is 0 Å². The van der Waals surface area contributed by atoms with Crippen LogP contribution in [0.15, 0.2) is 30.3 Å². The van der Waals surface area contributed by atoms with E-state index in [9.17, 15) is 13.2 Å². The van der Waals surface area contributed by atoms with Gasteiger partial charge < -0.3 is 4.90 Å². The van der Waals surface area contributed by atoms with E-state index in [2.05, 4.69) is 0 Å². The van der Waals surface area contributed by atoms with Crippen molar-refractivity contribution in [2.24, 2.45) is 0 Å². The quantitative estimate of drug-likeness (QED) is 0.853. The fraction of sp³-hybridized carbons (Fsp3) is 0.533.